The number of sulfonamides is 1. The summed E-state index contributed by atoms with van der Waals surface area (Å²) in [6, 6.07) is 5.42. The Labute approximate surface area is 108 Å². The molecule has 0 atom stereocenters. The molecule has 6 heteroatoms. The summed E-state index contributed by atoms with van der Waals surface area (Å²) in [5.74, 6) is 0.748. The fourth-order valence-corrected chi connectivity index (χ4v) is 3.90. The van der Waals surface area contributed by atoms with Crippen molar-refractivity contribution in [3.8, 4) is 5.75 Å². The van der Waals surface area contributed by atoms with Gasteiger partial charge in [0, 0.05) is 13.1 Å². The van der Waals surface area contributed by atoms with E-state index >= 15 is 0 Å². The number of nitrogens with zero attached hydrogens (tertiary/aromatic N) is 1. The van der Waals surface area contributed by atoms with Crippen LogP contribution in [-0.4, -0.2) is 27.8 Å². The van der Waals surface area contributed by atoms with E-state index in [4.69, 9.17) is 10.5 Å². The van der Waals surface area contributed by atoms with Gasteiger partial charge in [0.1, 0.15) is 5.75 Å². The van der Waals surface area contributed by atoms with Crippen molar-refractivity contribution in [3.05, 3.63) is 23.8 Å². The maximum absolute atomic E-state index is 12.1. The van der Waals surface area contributed by atoms with Crippen molar-refractivity contribution >= 4 is 15.7 Å². The van der Waals surface area contributed by atoms with Crippen LogP contribution in [0, 0.1) is 0 Å². The maximum Gasteiger partial charge on any atom is 0.235 e. The van der Waals surface area contributed by atoms with Crippen molar-refractivity contribution in [2.45, 2.75) is 19.4 Å². The number of rotatable bonds is 3. The predicted molar refractivity (Wildman–Crippen MR) is 71.3 cm³/mol. The monoisotopic (exact) mass is 270 g/mol. The van der Waals surface area contributed by atoms with E-state index in [-0.39, 0.29) is 5.75 Å². The molecule has 18 heavy (non-hydrogen) atoms. The molecule has 0 aromatic heterocycles. The molecule has 100 valence electrons. The Balaban J connectivity index is 2.55. The Hall–Kier alpha value is -1.27. The molecule has 0 amide bonds. The quantitative estimate of drug-likeness (QED) is 0.892. The van der Waals surface area contributed by atoms with E-state index in [0.29, 0.717) is 30.9 Å². The van der Waals surface area contributed by atoms with Crippen LogP contribution in [0.1, 0.15) is 18.4 Å². The van der Waals surface area contributed by atoms with Gasteiger partial charge in [-0.25, -0.2) is 8.42 Å². The number of hydrogen-bond donors (Lipinski definition) is 1. The van der Waals surface area contributed by atoms with Crippen LogP contribution < -0.4 is 14.8 Å². The molecule has 0 aliphatic carbocycles. The van der Waals surface area contributed by atoms with E-state index in [2.05, 4.69) is 0 Å². The first-order chi connectivity index (χ1) is 8.60. The number of hydrogen-bond acceptors (Lipinski definition) is 4. The van der Waals surface area contributed by atoms with Crippen LogP contribution >= 0.6 is 0 Å². The van der Waals surface area contributed by atoms with Crippen LogP contribution in [-0.2, 0) is 16.6 Å². The second-order valence-corrected chi connectivity index (χ2v) is 6.28. The molecule has 2 N–H and O–H groups in total. The average molecular weight is 270 g/mol. The van der Waals surface area contributed by atoms with Crippen molar-refractivity contribution in [3.63, 3.8) is 0 Å². The van der Waals surface area contributed by atoms with Gasteiger partial charge in [-0.3, -0.25) is 4.31 Å². The van der Waals surface area contributed by atoms with Crippen LogP contribution in [0.5, 0.6) is 5.75 Å². The number of anilines is 1. The van der Waals surface area contributed by atoms with E-state index < -0.39 is 10.0 Å². The molecule has 0 saturated carbocycles. The zero-order valence-corrected chi connectivity index (χ0v) is 11.2. The molecule has 1 aliphatic heterocycles. The van der Waals surface area contributed by atoms with Gasteiger partial charge in [-0.2, -0.15) is 0 Å². The van der Waals surface area contributed by atoms with Gasteiger partial charge >= 0.3 is 0 Å². The maximum atomic E-state index is 12.1. The summed E-state index contributed by atoms with van der Waals surface area (Å²) < 4.78 is 31.0. The normalized spacial score (nSPS) is 18.7. The third kappa shape index (κ3) is 2.30. The molecule has 0 unspecified atom stereocenters. The fourth-order valence-electron chi connectivity index (χ4n) is 2.22. The third-order valence-corrected chi connectivity index (χ3v) is 4.96. The molecule has 1 aromatic rings. The predicted octanol–water partition coefficient (Wildman–Crippen LogP) is 1.08. The molecular weight excluding hydrogens is 252 g/mol. The van der Waals surface area contributed by atoms with Crippen LogP contribution in [0.15, 0.2) is 18.2 Å². The zero-order chi connectivity index (χ0) is 13.2. The van der Waals surface area contributed by atoms with Crippen molar-refractivity contribution in [1.29, 1.82) is 0 Å². The van der Waals surface area contributed by atoms with Crippen molar-refractivity contribution < 1.29 is 13.2 Å². The van der Waals surface area contributed by atoms with Crippen LogP contribution in [0.25, 0.3) is 0 Å². The van der Waals surface area contributed by atoms with Crippen molar-refractivity contribution in [2.24, 2.45) is 5.73 Å². The summed E-state index contributed by atoms with van der Waals surface area (Å²) in [6.07, 6.45) is 1.58. The smallest absolute Gasteiger partial charge is 0.235 e. The van der Waals surface area contributed by atoms with Crippen LogP contribution in [0.3, 0.4) is 0 Å². The van der Waals surface area contributed by atoms with Gasteiger partial charge in [0.2, 0.25) is 10.0 Å². The summed E-state index contributed by atoms with van der Waals surface area (Å²) in [5, 5.41) is 0. The Morgan fingerprint density at radius 1 is 1.39 bits per heavy atom. The van der Waals surface area contributed by atoms with Gasteiger partial charge < -0.3 is 10.5 Å². The first kappa shape index (κ1) is 13.2. The molecule has 1 saturated heterocycles. The minimum Gasteiger partial charge on any atom is -0.495 e. The summed E-state index contributed by atoms with van der Waals surface area (Å²) in [5.41, 5.74) is 7.08. The fraction of sp³-hybridized carbons (Fsp3) is 0.500. The zero-order valence-electron chi connectivity index (χ0n) is 10.4. The van der Waals surface area contributed by atoms with Crippen molar-refractivity contribution in [2.75, 3.05) is 23.7 Å². The second-order valence-electron chi connectivity index (χ2n) is 4.27. The topological polar surface area (TPSA) is 72.6 Å². The summed E-state index contributed by atoms with van der Waals surface area (Å²) in [7, 11) is -1.71. The largest absolute Gasteiger partial charge is 0.495 e. The summed E-state index contributed by atoms with van der Waals surface area (Å²) >= 11 is 0. The number of para-hydroxylation sites is 1. The van der Waals surface area contributed by atoms with E-state index in [1.165, 1.54) is 11.4 Å². The van der Waals surface area contributed by atoms with Gasteiger partial charge in [0.25, 0.3) is 0 Å². The molecule has 1 fully saturated rings. The SMILES string of the molecule is COc1cccc(CN)c1N1CCCCS1(=O)=O. The van der Waals surface area contributed by atoms with Gasteiger partial charge in [-0.05, 0) is 24.5 Å². The van der Waals surface area contributed by atoms with Gasteiger partial charge in [0.15, 0.2) is 0 Å². The van der Waals surface area contributed by atoms with E-state index in [1.54, 1.807) is 6.07 Å². The molecule has 1 heterocycles. The molecule has 5 nitrogen and oxygen atoms in total. The highest BCUT2D eigenvalue weighted by Gasteiger charge is 2.29. The minimum atomic E-state index is -3.24. The number of benzene rings is 1. The van der Waals surface area contributed by atoms with E-state index in [9.17, 15) is 8.42 Å². The second kappa shape index (κ2) is 5.16. The molecule has 2 rings (SSSR count). The lowest BCUT2D eigenvalue weighted by Crippen LogP contribution is -2.38. The summed E-state index contributed by atoms with van der Waals surface area (Å²) in [6.45, 7) is 0.786. The van der Waals surface area contributed by atoms with Gasteiger partial charge in [-0.15, -0.1) is 0 Å². The first-order valence-corrected chi connectivity index (χ1v) is 7.57. The van der Waals surface area contributed by atoms with Gasteiger partial charge in [-0.1, -0.05) is 12.1 Å². The number of methoxy groups -OCH3 is 1. The van der Waals surface area contributed by atoms with Gasteiger partial charge in [0.05, 0.1) is 18.6 Å². The molecule has 0 radical (unpaired) electrons. The Kier molecular flexibility index (Phi) is 3.77. The molecule has 0 spiro atoms. The first-order valence-electron chi connectivity index (χ1n) is 5.96. The lowest BCUT2D eigenvalue weighted by atomic mass is 10.1. The average Bonchev–Trinajstić information content (AvgIpc) is 2.37. The Bertz CT molecular complexity index is 506. The highest BCUT2D eigenvalue weighted by molar-refractivity contribution is 7.92. The standard InChI is InChI=1S/C12H18N2O3S/c1-17-11-6-4-5-10(9-13)12(11)14-7-2-3-8-18(14,15)16/h4-6H,2-3,7-9,13H2,1H3. The number of ether oxygens (including phenoxy) is 1. The number of nitrogens with two attached hydrogens (primary N) is 1. The molecular formula is C12H18N2O3S. The van der Waals surface area contributed by atoms with E-state index in [1.807, 2.05) is 12.1 Å². The van der Waals surface area contributed by atoms with Crippen molar-refractivity contribution in [1.82, 2.24) is 0 Å². The lowest BCUT2D eigenvalue weighted by molar-refractivity contribution is 0.414. The highest BCUT2D eigenvalue weighted by atomic mass is 32.2. The summed E-state index contributed by atoms with van der Waals surface area (Å²) in [4.78, 5) is 0. The van der Waals surface area contributed by atoms with Crippen LogP contribution in [0.4, 0.5) is 5.69 Å². The van der Waals surface area contributed by atoms with Crippen LogP contribution in [0.2, 0.25) is 0 Å². The van der Waals surface area contributed by atoms with E-state index in [0.717, 1.165) is 12.0 Å². The molecule has 0 bridgehead atoms. The Morgan fingerprint density at radius 2 is 2.17 bits per heavy atom. The highest BCUT2D eigenvalue weighted by Crippen LogP contribution is 2.35. The lowest BCUT2D eigenvalue weighted by Gasteiger charge is -2.31. The molecule has 1 aromatic carbocycles. The minimum absolute atomic E-state index is 0.190. The third-order valence-electron chi connectivity index (χ3n) is 3.12. The Morgan fingerprint density at radius 3 is 2.78 bits per heavy atom. The molecule has 1 aliphatic rings.